The van der Waals surface area contributed by atoms with Crippen LogP contribution in [0.2, 0.25) is 0 Å². The van der Waals surface area contributed by atoms with Gasteiger partial charge in [0.05, 0.1) is 20.2 Å². The van der Waals surface area contributed by atoms with Gasteiger partial charge >= 0.3 is 0 Å². The van der Waals surface area contributed by atoms with Gasteiger partial charge in [-0.2, -0.15) is 5.10 Å². The number of aromatic nitrogens is 3. The number of benzene rings is 2. The van der Waals surface area contributed by atoms with Crippen molar-refractivity contribution >= 4 is 11.8 Å². The predicted octanol–water partition coefficient (Wildman–Crippen LogP) is 2.82. The maximum absolute atomic E-state index is 12.3. The van der Waals surface area contributed by atoms with E-state index in [0.29, 0.717) is 17.2 Å². The van der Waals surface area contributed by atoms with Crippen molar-refractivity contribution in [1.82, 2.24) is 25.8 Å². The molecule has 8 heteroatoms. The highest BCUT2D eigenvalue weighted by Crippen LogP contribution is 2.22. The average molecular weight is 422 g/mol. The Labute approximate surface area is 181 Å². The molecule has 2 aromatic carbocycles. The van der Waals surface area contributed by atoms with E-state index in [4.69, 9.17) is 4.74 Å². The van der Waals surface area contributed by atoms with Crippen molar-refractivity contribution in [3.05, 3.63) is 65.5 Å². The van der Waals surface area contributed by atoms with Crippen LogP contribution in [0, 0.1) is 0 Å². The van der Waals surface area contributed by atoms with Crippen LogP contribution in [0.5, 0.6) is 5.75 Å². The fourth-order valence-electron chi connectivity index (χ4n) is 2.87. The van der Waals surface area contributed by atoms with Crippen LogP contribution in [0.25, 0.3) is 11.4 Å². The lowest BCUT2D eigenvalue weighted by molar-refractivity contribution is -0.120. The van der Waals surface area contributed by atoms with Gasteiger partial charge in [0.1, 0.15) is 11.6 Å². The van der Waals surface area contributed by atoms with E-state index in [0.717, 1.165) is 16.9 Å². The standard InChI is InChI=1S/C23H27N5O3/c1-23(2,3)17-9-5-16(6-10-17)22(30)25-14-20(29)24-13-19-26-21(28-27-19)15-7-11-18(31-4)12-8-15/h5-12H,13-14H2,1-4H3,(H,24,29)(H,25,30)(H,26,27,28). The zero-order valence-electron chi connectivity index (χ0n) is 18.2. The predicted molar refractivity (Wildman–Crippen MR) is 118 cm³/mol. The van der Waals surface area contributed by atoms with Crippen LogP contribution in [0.15, 0.2) is 48.5 Å². The lowest BCUT2D eigenvalue weighted by Crippen LogP contribution is -2.36. The molecule has 1 aromatic heterocycles. The molecule has 0 unspecified atom stereocenters. The minimum atomic E-state index is -0.318. The van der Waals surface area contributed by atoms with Crippen molar-refractivity contribution in [2.45, 2.75) is 32.7 Å². The first-order chi connectivity index (χ1) is 14.8. The number of amides is 2. The highest BCUT2D eigenvalue weighted by atomic mass is 16.5. The van der Waals surface area contributed by atoms with Crippen LogP contribution in [0.3, 0.4) is 0 Å². The first kappa shape index (κ1) is 22.0. The van der Waals surface area contributed by atoms with Gasteiger partial charge < -0.3 is 15.4 Å². The molecular weight excluding hydrogens is 394 g/mol. The number of carbonyl (C=O) groups excluding carboxylic acids is 2. The summed E-state index contributed by atoms with van der Waals surface area (Å²) in [4.78, 5) is 28.7. The number of nitrogens with one attached hydrogen (secondary N) is 3. The van der Waals surface area contributed by atoms with Gasteiger partial charge in [0.25, 0.3) is 5.91 Å². The van der Waals surface area contributed by atoms with Crippen LogP contribution in [0.4, 0.5) is 0 Å². The minimum Gasteiger partial charge on any atom is -0.497 e. The van der Waals surface area contributed by atoms with Crippen molar-refractivity contribution in [3.63, 3.8) is 0 Å². The highest BCUT2D eigenvalue weighted by Gasteiger charge is 2.15. The number of nitrogens with zero attached hydrogens (tertiary/aromatic N) is 2. The van der Waals surface area contributed by atoms with Gasteiger partial charge in [-0.25, -0.2) is 4.98 Å². The molecule has 0 spiro atoms. The van der Waals surface area contributed by atoms with E-state index in [-0.39, 0.29) is 30.3 Å². The van der Waals surface area contributed by atoms with E-state index in [1.54, 1.807) is 19.2 Å². The quantitative estimate of drug-likeness (QED) is 0.544. The Kier molecular flexibility index (Phi) is 6.69. The molecule has 2 amide bonds. The number of carbonyl (C=O) groups is 2. The third-order valence-corrected chi connectivity index (χ3v) is 4.76. The fourth-order valence-corrected chi connectivity index (χ4v) is 2.87. The summed E-state index contributed by atoms with van der Waals surface area (Å²) in [5.74, 6) is 1.18. The molecule has 162 valence electrons. The third kappa shape index (κ3) is 5.91. The molecule has 3 N–H and O–H groups in total. The Hall–Kier alpha value is -3.68. The summed E-state index contributed by atoms with van der Waals surface area (Å²) in [6.07, 6.45) is 0. The summed E-state index contributed by atoms with van der Waals surface area (Å²) in [6.45, 7) is 6.39. The second-order valence-corrected chi connectivity index (χ2v) is 8.12. The molecular formula is C23H27N5O3. The smallest absolute Gasteiger partial charge is 0.251 e. The molecule has 8 nitrogen and oxygen atoms in total. The molecule has 3 aromatic rings. The summed E-state index contributed by atoms with van der Waals surface area (Å²) in [5.41, 5.74) is 2.51. The summed E-state index contributed by atoms with van der Waals surface area (Å²) in [7, 11) is 1.60. The van der Waals surface area contributed by atoms with Gasteiger partial charge in [0.15, 0.2) is 5.82 Å². The Balaban J connectivity index is 1.47. The molecule has 0 radical (unpaired) electrons. The molecule has 0 bridgehead atoms. The first-order valence-electron chi connectivity index (χ1n) is 9.97. The van der Waals surface area contributed by atoms with Crippen molar-refractivity contribution in [3.8, 4) is 17.1 Å². The molecule has 0 saturated heterocycles. The number of hydrogen-bond donors (Lipinski definition) is 3. The van der Waals surface area contributed by atoms with Gasteiger partial charge in [-0.15, -0.1) is 0 Å². The largest absolute Gasteiger partial charge is 0.497 e. The SMILES string of the molecule is COc1ccc(-c2n[nH]c(CNC(=O)CNC(=O)c3ccc(C(C)(C)C)cc3)n2)cc1. The van der Waals surface area contributed by atoms with Crippen LogP contribution in [0.1, 0.15) is 42.5 Å². The second-order valence-electron chi connectivity index (χ2n) is 8.12. The number of aromatic amines is 1. The van der Waals surface area contributed by atoms with Gasteiger partial charge in [-0.1, -0.05) is 32.9 Å². The lowest BCUT2D eigenvalue weighted by atomic mass is 9.87. The summed E-state index contributed by atoms with van der Waals surface area (Å²) in [6, 6.07) is 14.8. The Morgan fingerprint density at radius 1 is 1.00 bits per heavy atom. The van der Waals surface area contributed by atoms with Crippen molar-refractivity contribution in [2.24, 2.45) is 0 Å². The van der Waals surface area contributed by atoms with E-state index in [2.05, 4.69) is 46.6 Å². The topological polar surface area (TPSA) is 109 Å². The summed E-state index contributed by atoms with van der Waals surface area (Å²) in [5, 5.41) is 12.3. The van der Waals surface area contributed by atoms with Gasteiger partial charge in [-0.3, -0.25) is 14.7 Å². The summed E-state index contributed by atoms with van der Waals surface area (Å²) >= 11 is 0. The number of hydrogen-bond acceptors (Lipinski definition) is 5. The molecule has 0 aliphatic rings. The Bertz CT molecular complexity index is 1030. The highest BCUT2D eigenvalue weighted by molar-refractivity contribution is 5.96. The minimum absolute atomic E-state index is 0.0167. The molecule has 0 fully saturated rings. The first-order valence-corrected chi connectivity index (χ1v) is 9.97. The molecule has 1 heterocycles. The number of rotatable bonds is 7. The van der Waals surface area contributed by atoms with E-state index >= 15 is 0 Å². The Morgan fingerprint density at radius 2 is 1.68 bits per heavy atom. The Morgan fingerprint density at radius 3 is 2.29 bits per heavy atom. The second kappa shape index (κ2) is 9.42. The zero-order valence-corrected chi connectivity index (χ0v) is 18.2. The lowest BCUT2D eigenvalue weighted by Gasteiger charge is -2.19. The van der Waals surface area contributed by atoms with Crippen LogP contribution in [-0.2, 0) is 16.8 Å². The molecule has 0 atom stereocenters. The van der Waals surface area contributed by atoms with Crippen LogP contribution >= 0.6 is 0 Å². The fraction of sp³-hybridized carbons (Fsp3) is 0.304. The molecule has 0 aliphatic carbocycles. The van der Waals surface area contributed by atoms with E-state index in [1.165, 1.54) is 0 Å². The number of H-pyrrole nitrogens is 1. The van der Waals surface area contributed by atoms with E-state index in [9.17, 15) is 9.59 Å². The molecule has 0 saturated carbocycles. The van der Waals surface area contributed by atoms with Crippen LogP contribution < -0.4 is 15.4 Å². The van der Waals surface area contributed by atoms with Crippen molar-refractivity contribution < 1.29 is 14.3 Å². The molecule has 0 aliphatic heterocycles. The zero-order chi connectivity index (χ0) is 22.4. The van der Waals surface area contributed by atoms with Gasteiger partial charge in [-0.05, 0) is 47.4 Å². The number of methoxy groups -OCH3 is 1. The van der Waals surface area contributed by atoms with E-state index < -0.39 is 0 Å². The average Bonchev–Trinajstić information content (AvgIpc) is 3.24. The molecule has 31 heavy (non-hydrogen) atoms. The van der Waals surface area contributed by atoms with Crippen LogP contribution in [-0.4, -0.2) is 40.7 Å². The molecule has 3 rings (SSSR count). The van der Waals surface area contributed by atoms with Crippen molar-refractivity contribution in [2.75, 3.05) is 13.7 Å². The van der Waals surface area contributed by atoms with Gasteiger partial charge in [0, 0.05) is 11.1 Å². The normalized spacial score (nSPS) is 11.1. The van der Waals surface area contributed by atoms with E-state index in [1.807, 2.05) is 36.4 Å². The van der Waals surface area contributed by atoms with Crippen molar-refractivity contribution in [1.29, 1.82) is 0 Å². The van der Waals surface area contributed by atoms with Gasteiger partial charge in [0.2, 0.25) is 5.91 Å². The maximum Gasteiger partial charge on any atom is 0.251 e. The summed E-state index contributed by atoms with van der Waals surface area (Å²) < 4.78 is 5.14. The maximum atomic E-state index is 12.3. The monoisotopic (exact) mass is 421 g/mol. The third-order valence-electron chi connectivity index (χ3n) is 4.76. The number of ether oxygens (including phenoxy) is 1.